The molecule has 94 valence electrons. The molecule has 7 heteroatoms. The van der Waals surface area contributed by atoms with Crippen LogP contribution in [0.4, 0.5) is 11.5 Å². The van der Waals surface area contributed by atoms with Crippen molar-refractivity contribution in [2.75, 3.05) is 11.6 Å². The lowest BCUT2D eigenvalue weighted by atomic mass is 10.3. The molecule has 0 aliphatic heterocycles. The second-order valence-corrected chi connectivity index (χ2v) is 5.26. The molecular formula is C11H8Cl3N3S. The smallest absolute Gasteiger partial charge is 0.190 e. The summed E-state index contributed by atoms with van der Waals surface area (Å²) < 4.78 is 0. The van der Waals surface area contributed by atoms with Crippen LogP contribution in [0.25, 0.3) is 0 Å². The van der Waals surface area contributed by atoms with Gasteiger partial charge in [0.1, 0.15) is 11.0 Å². The molecular weight excluding hydrogens is 313 g/mol. The summed E-state index contributed by atoms with van der Waals surface area (Å²) in [6.07, 6.45) is 1.87. The number of aromatic nitrogens is 2. The van der Waals surface area contributed by atoms with Crippen molar-refractivity contribution < 1.29 is 0 Å². The Balaban J connectivity index is 2.37. The summed E-state index contributed by atoms with van der Waals surface area (Å²) in [5.74, 6) is 0.550. The van der Waals surface area contributed by atoms with Gasteiger partial charge in [-0.1, -0.05) is 52.6 Å². The number of anilines is 2. The number of hydrogen-bond acceptors (Lipinski definition) is 4. The summed E-state index contributed by atoms with van der Waals surface area (Å²) in [5, 5.41) is 5.01. The van der Waals surface area contributed by atoms with Crippen molar-refractivity contribution in [3.8, 4) is 0 Å². The lowest BCUT2D eigenvalue weighted by molar-refractivity contribution is 0.976. The van der Waals surface area contributed by atoms with Crippen LogP contribution >= 0.6 is 46.6 Å². The van der Waals surface area contributed by atoms with Gasteiger partial charge in [0.05, 0.1) is 15.7 Å². The van der Waals surface area contributed by atoms with Crippen LogP contribution in [0.1, 0.15) is 0 Å². The quantitative estimate of drug-likeness (QED) is 0.496. The predicted molar refractivity (Wildman–Crippen MR) is 78.6 cm³/mol. The van der Waals surface area contributed by atoms with Gasteiger partial charge in [0.2, 0.25) is 0 Å². The average Bonchev–Trinajstić information content (AvgIpc) is 2.33. The maximum atomic E-state index is 6.06. The molecule has 1 heterocycles. The van der Waals surface area contributed by atoms with Crippen molar-refractivity contribution in [2.24, 2.45) is 0 Å². The zero-order valence-corrected chi connectivity index (χ0v) is 12.3. The molecule has 0 bridgehead atoms. The van der Waals surface area contributed by atoms with E-state index in [0.717, 1.165) is 0 Å². The van der Waals surface area contributed by atoms with Gasteiger partial charge in [-0.15, -0.1) is 0 Å². The van der Waals surface area contributed by atoms with E-state index < -0.39 is 0 Å². The first-order valence-electron chi connectivity index (χ1n) is 4.90. The van der Waals surface area contributed by atoms with E-state index in [4.69, 9.17) is 34.8 Å². The van der Waals surface area contributed by atoms with E-state index in [2.05, 4.69) is 15.3 Å². The number of thioether (sulfide) groups is 1. The van der Waals surface area contributed by atoms with Gasteiger partial charge in [-0.05, 0) is 18.4 Å². The Bertz CT molecular complexity index is 557. The minimum absolute atomic E-state index is 0.361. The maximum Gasteiger partial charge on any atom is 0.190 e. The molecule has 3 nitrogen and oxygen atoms in total. The van der Waals surface area contributed by atoms with Gasteiger partial charge in [-0.25, -0.2) is 9.97 Å². The van der Waals surface area contributed by atoms with E-state index >= 15 is 0 Å². The largest absolute Gasteiger partial charge is 0.338 e. The molecule has 1 N–H and O–H groups in total. The Morgan fingerprint density at radius 3 is 2.39 bits per heavy atom. The number of halogens is 3. The summed E-state index contributed by atoms with van der Waals surface area (Å²) in [4.78, 5) is 8.32. The molecule has 1 aromatic carbocycles. The fraction of sp³-hybridized carbons (Fsp3) is 0.0909. The number of nitrogens with one attached hydrogen (secondary N) is 1. The predicted octanol–water partition coefficient (Wildman–Crippen LogP) is 4.90. The van der Waals surface area contributed by atoms with E-state index in [9.17, 15) is 0 Å². The molecule has 0 aliphatic carbocycles. The second kappa shape index (κ2) is 5.97. The highest BCUT2D eigenvalue weighted by molar-refractivity contribution is 7.98. The minimum Gasteiger partial charge on any atom is -0.338 e. The monoisotopic (exact) mass is 319 g/mol. The van der Waals surface area contributed by atoms with Crippen LogP contribution in [-0.2, 0) is 0 Å². The van der Waals surface area contributed by atoms with Gasteiger partial charge >= 0.3 is 0 Å². The molecule has 1 aromatic heterocycles. The highest BCUT2D eigenvalue weighted by atomic mass is 35.5. The molecule has 0 fully saturated rings. The maximum absolute atomic E-state index is 6.06. The highest BCUT2D eigenvalue weighted by Gasteiger charge is 2.08. The molecule has 18 heavy (non-hydrogen) atoms. The van der Waals surface area contributed by atoms with E-state index in [0.29, 0.717) is 31.9 Å². The van der Waals surface area contributed by atoms with Crippen LogP contribution in [0, 0.1) is 0 Å². The summed E-state index contributed by atoms with van der Waals surface area (Å²) >= 11 is 19.4. The molecule has 0 saturated carbocycles. The summed E-state index contributed by atoms with van der Waals surface area (Å²) in [6, 6.07) is 6.87. The SMILES string of the molecule is CSc1nc(Cl)cc(Nc2c(Cl)cccc2Cl)n1. The number of para-hydroxylation sites is 1. The minimum atomic E-state index is 0.361. The van der Waals surface area contributed by atoms with Gasteiger partial charge in [-0.2, -0.15) is 0 Å². The third-order valence-electron chi connectivity index (χ3n) is 2.07. The van der Waals surface area contributed by atoms with Crippen LogP contribution in [0.5, 0.6) is 0 Å². The van der Waals surface area contributed by atoms with Gasteiger partial charge in [0, 0.05) is 6.07 Å². The summed E-state index contributed by atoms with van der Waals surface area (Å²) in [7, 11) is 0. The lowest BCUT2D eigenvalue weighted by Gasteiger charge is -2.10. The number of hydrogen-bond donors (Lipinski definition) is 1. The van der Waals surface area contributed by atoms with Crippen LogP contribution < -0.4 is 5.32 Å². The van der Waals surface area contributed by atoms with Crippen LogP contribution in [0.15, 0.2) is 29.4 Å². The van der Waals surface area contributed by atoms with Gasteiger partial charge in [0.25, 0.3) is 0 Å². The van der Waals surface area contributed by atoms with Crippen LogP contribution in [0.3, 0.4) is 0 Å². The first-order valence-corrected chi connectivity index (χ1v) is 7.25. The molecule has 0 radical (unpaired) electrons. The molecule has 2 aromatic rings. The van der Waals surface area contributed by atoms with E-state index in [-0.39, 0.29) is 0 Å². The zero-order chi connectivity index (χ0) is 13.1. The standard InChI is InChI=1S/C11H8Cl3N3S/c1-18-11-15-8(14)5-9(17-11)16-10-6(12)3-2-4-7(10)13/h2-5H,1H3,(H,15,16,17). The van der Waals surface area contributed by atoms with E-state index in [1.165, 1.54) is 11.8 Å². The Morgan fingerprint density at radius 1 is 1.11 bits per heavy atom. The topological polar surface area (TPSA) is 37.8 Å². The number of rotatable bonds is 3. The van der Waals surface area contributed by atoms with Crippen molar-refractivity contribution in [2.45, 2.75) is 5.16 Å². The molecule has 0 saturated heterocycles. The van der Waals surface area contributed by atoms with Crippen molar-refractivity contribution in [1.82, 2.24) is 9.97 Å². The molecule has 0 atom stereocenters. The first-order chi connectivity index (χ1) is 8.60. The van der Waals surface area contributed by atoms with Crippen molar-refractivity contribution >= 4 is 58.1 Å². The Morgan fingerprint density at radius 2 is 1.78 bits per heavy atom. The third kappa shape index (κ3) is 3.20. The van der Waals surface area contributed by atoms with Gasteiger partial charge in [-0.3, -0.25) is 0 Å². The third-order valence-corrected chi connectivity index (χ3v) is 3.44. The lowest BCUT2D eigenvalue weighted by Crippen LogP contribution is -1.97. The van der Waals surface area contributed by atoms with Crippen molar-refractivity contribution in [1.29, 1.82) is 0 Å². The second-order valence-electron chi connectivity index (χ2n) is 3.28. The highest BCUT2D eigenvalue weighted by Crippen LogP contribution is 2.32. The van der Waals surface area contributed by atoms with Crippen molar-refractivity contribution in [3.63, 3.8) is 0 Å². The summed E-state index contributed by atoms with van der Waals surface area (Å²) in [5.41, 5.74) is 0.600. The average molecular weight is 321 g/mol. The fourth-order valence-electron chi connectivity index (χ4n) is 1.30. The molecule has 0 aliphatic rings. The van der Waals surface area contributed by atoms with E-state index in [1.807, 2.05) is 6.26 Å². The molecule has 0 amide bonds. The summed E-state index contributed by atoms with van der Waals surface area (Å²) in [6.45, 7) is 0. The van der Waals surface area contributed by atoms with Crippen LogP contribution in [-0.4, -0.2) is 16.2 Å². The fourth-order valence-corrected chi connectivity index (χ4v) is 2.40. The molecule has 2 rings (SSSR count). The molecule has 0 spiro atoms. The van der Waals surface area contributed by atoms with Gasteiger partial charge < -0.3 is 5.32 Å². The normalized spacial score (nSPS) is 10.4. The van der Waals surface area contributed by atoms with Gasteiger partial charge in [0.15, 0.2) is 5.16 Å². The van der Waals surface area contributed by atoms with E-state index in [1.54, 1.807) is 24.3 Å². The van der Waals surface area contributed by atoms with Crippen LogP contribution in [0.2, 0.25) is 15.2 Å². The number of nitrogens with zero attached hydrogens (tertiary/aromatic N) is 2. The first kappa shape index (κ1) is 13.7. The van der Waals surface area contributed by atoms with Crippen molar-refractivity contribution in [3.05, 3.63) is 39.5 Å². The molecule has 0 unspecified atom stereocenters. The zero-order valence-electron chi connectivity index (χ0n) is 9.25. The number of benzene rings is 1. The Kier molecular flexibility index (Phi) is 4.56. The Hall–Kier alpha value is -0.680. The Labute approximate surface area is 124 Å².